The number of sulfone groups is 1. The van der Waals surface area contributed by atoms with Crippen LogP contribution in [0.3, 0.4) is 0 Å². The molecule has 0 bridgehead atoms. The summed E-state index contributed by atoms with van der Waals surface area (Å²) in [6, 6.07) is 8.00. The number of hydrogen-bond donors (Lipinski definition) is 1. The zero-order valence-corrected chi connectivity index (χ0v) is 12.0. The number of rotatable bonds is 7. The molecule has 1 aromatic rings. The Bertz CT molecular complexity index is 471. The molecule has 5 heteroatoms. The molecule has 0 spiro atoms. The third kappa shape index (κ3) is 5.06. The van der Waals surface area contributed by atoms with E-state index in [-0.39, 0.29) is 11.8 Å². The van der Waals surface area contributed by atoms with E-state index in [0.29, 0.717) is 13.0 Å². The summed E-state index contributed by atoms with van der Waals surface area (Å²) in [4.78, 5) is 0. The van der Waals surface area contributed by atoms with Gasteiger partial charge in [0.05, 0.1) is 12.4 Å². The summed E-state index contributed by atoms with van der Waals surface area (Å²) in [7, 11) is -1.01. The van der Waals surface area contributed by atoms with Crippen molar-refractivity contribution < 1.29 is 13.2 Å². The molecule has 0 amide bonds. The molecule has 1 rings (SSSR count). The van der Waals surface area contributed by atoms with Crippen LogP contribution in [0.5, 0.6) is 5.75 Å². The summed E-state index contributed by atoms with van der Waals surface area (Å²) in [6.07, 6.45) is 1.76. The quantitative estimate of drug-likeness (QED) is 0.768. The van der Waals surface area contributed by atoms with Crippen molar-refractivity contribution in [1.82, 2.24) is 5.32 Å². The summed E-state index contributed by atoms with van der Waals surface area (Å²) in [6.45, 7) is 2.47. The Morgan fingerprint density at radius 2 is 2.00 bits per heavy atom. The van der Waals surface area contributed by atoms with Crippen LogP contribution in [0.25, 0.3) is 0 Å². The Kier molecular flexibility index (Phi) is 5.62. The van der Waals surface area contributed by atoms with Gasteiger partial charge in [-0.2, -0.15) is 0 Å². The number of para-hydroxylation sites is 1. The van der Waals surface area contributed by atoms with Gasteiger partial charge in [0.2, 0.25) is 0 Å². The minimum atomic E-state index is -2.90. The van der Waals surface area contributed by atoms with Crippen LogP contribution in [0.1, 0.15) is 24.9 Å². The molecule has 0 saturated carbocycles. The van der Waals surface area contributed by atoms with E-state index in [2.05, 4.69) is 12.2 Å². The zero-order chi connectivity index (χ0) is 13.6. The maximum Gasteiger partial charge on any atom is 0.147 e. The first kappa shape index (κ1) is 15.0. The van der Waals surface area contributed by atoms with Crippen molar-refractivity contribution in [2.45, 2.75) is 19.4 Å². The Morgan fingerprint density at radius 3 is 2.61 bits per heavy atom. The van der Waals surface area contributed by atoms with Gasteiger partial charge in [-0.25, -0.2) is 8.42 Å². The van der Waals surface area contributed by atoms with Crippen molar-refractivity contribution >= 4 is 9.84 Å². The van der Waals surface area contributed by atoms with Gasteiger partial charge in [0.25, 0.3) is 0 Å². The molecule has 0 aromatic heterocycles. The summed E-state index contributed by atoms with van der Waals surface area (Å²) < 4.78 is 27.6. The highest BCUT2D eigenvalue weighted by Gasteiger charge is 2.09. The van der Waals surface area contributed by atoms with Crippen LogP contribution in [0, 0.1) is 0 Å². The first-order chi connectivity index (χ1) is 8.44. The molecule has 0 radical (unpaired) electrons. The molecule has 102 valence electrons. The summed E-state index contributed by atoms with van der Waals surface area (Å²) in [5.41, 5.74) is 1.08. The molecule has 0 aliphatic heterocycles. The lowest BCUT2D eigenvalue weighted by Gasteiger charge is -2.16. The maximum absolute atomic E-state index is 11.0. The number of hydrogen-bond acceptors (Lipinski definition) is 4. The number of nitrogens with one attached hydrogen (secondary N) is 1. The molecule has 0 fully saturated rings. The fourth-order valence-electron chi connectivity index (χ4n) is 1.63. The van der Waals surface area contributed by atoms with E-state index in [1.165, 1.54) is 6.26 Å². The van der Waals surface area contributed by atoms with Crippen molar-refractivity contribution in [2.75, 3.05) is 25.7 Å². The predicted octanol–water partition coefficient (Wildman–Crippen LogP) is 1.78. The fourth-order valence-corrected chi connectivity index (χ4v) is 2.27. The lowest BCUT2D eigenvalue weighted by atomic mass is 10.1. The molecule has 1 N–H and O–H groups in total. The number of ether oxygens (including phenoxy) is 1. The second-order valence-electron chi connectivity index (χ2n) is 4.38. The van der Waals surface area contributed by atoms with Crippen LogP contribution in [0.15, 0.2) is 24.3 Å². The van der Waals surface area contributed by atoms with E-state index in [9.17, 15) is 8.42 Å². The van der Waals surface area contributed by atoms with Crippen LogP contribution in [0.2, 0.25) is 0 Å². The molecule has 1 unspecified atom stereocenters. The van der Waals surface area contributed by atoms with Crippen LogP contribution >= 0.6 is 0 Å². The smallest absolute Gasteiger partial charge is 0.147 e. The Hall–Kier alpha value is -1.07. The lowest BCUT2D eigenvalue weighted by molar-refractivity contribution is 0.312. The first-order valence-corrected chi connectivity index (χ1v) is 8.07. The largest absolute Gasteiger partial charge is 0.493 e. The third-order valence-corrected chi connectivity index (χ3v) is 3.77. The van der Waals surface area contributed by atoms with Crippen molar-refractivity contribution in [2.24, 2.45) is 0 Å². The van der Waals surface area contributed by atoms with Crippen LogP contribution in [-0.4, -0.2) is 34.1 Å². The summed E-state index contributed by atoms with van der Waals surface area (Å²) in [5, 5.41) is 3.16. The van der Waals surface area contributed by atoms with Crippen LogP contribution in [0.4, 0.5) is 0 Å². The first-order valence-electron chi connectivity index (χ1n) is 6.01. The minimum absolute atomic E-state index is 0.163. The van der Waals surface area contributed by atoms with Gasteiger partial charge in [-0.1, -0.05) is 18.2 Å². The Morgan fingerprint density at radius 1 is 1.33 bits per heavy atom. The van der Waals surface area contributed by atoms with Gasteiger partial charge in [0, 0.05) is 17.9 Å². The second-order valence-corrected chi connectivity index (χ2v) is 6.64. The zero-order valence-electron chi connectivity index (χ0n) is 11.1. The monoisotopic (exact) mass is 271 g/mol. The average molecular weight is 271 g/mol. The summed E-state index contributed by atoms with van der Waals surface area (Å²) >= 11 is 0. The molecule has 0 heterocycles. The lowest BCUT2D eigenvalue weighted by Crippen LogP contribution is -2.14. The van der Waals surface area contributed by atoms with Gasteiger partial charge in [-0.3, -0.25) is 0 Å². The van der Waals surface area contributed by atoms with Crippen molar-refractivity contribution in [3.05, 3.63) is 29.8 Å². The van der Waals surface area contributed by atoms with E-state index >= 15 is 0 Å². The average Bonchev–Trinajstić information content (AvgIpc) is 2.33. The molecule has 0 aliphatic rings. The van der Waals surface area contributed by atoms with Crippen molar-refractivity contribution in [1.29, 1.82) is 0 Å². The van der Waals surface area contributed by atoms with Crippen molar-refractivity contribution in [3.63, 3.8) is 0 Å². The van der Waals surface area contributed by atoms with Gasteiger partial charge in [-0.15, -0.1) is 0 Å². The van der Waals surface area contributed by atoms with E-state index in [0.717, 1.165) is 11.3 Å². The number of benzene rings is 1. The molecular weight excluding hydrogens is 250 g/mol. The van der Waals surface area contributed by atoms with Crippen LogP contribution in [-0.2, 0) is 9.84 Å². The van der Waals surface area contributed by atoms with Gasteiger partial charge >= 0.3 is 0 Å². The molecule has 0 aliphatic carbocycles. The molecule has 1 atom stereocenters. The maximum atomic E-state index is 11.0. The highest BCUT2D eigenvalue weighted by molar-refractivity contribution is 7.90. The molecule has 18 heavy (non-hydrogen) atoms. The highest BCUT2D eigenvalue weighted by atomic mass is 32.2. The van der Waals surface area contributed by atoms with Gasteiger partial charge in [0.15, 0.2) is 0 Å². The van der Waals surface area contributed by atoms with E-state index < -0.39 is 9.84 Å². The predicted molar refractivity (Wildman–Crippen MR) is 73.7 cm³/mol. The molecule has 4 nitrogen and oxygen atoms in total. The van der Waals surface area contributed by atoms with Crippen LogP contribution < -0.4 is 10.1 Å². The van der Waals surface area contributed by atoms with Gasteiger partial charge in [-0.05, 0) is 26.5 Å². The van der Waals surface area contributed by atoms with E-state index in [4.69, 9.17) is 4.74 Å². The second kappa shape index (κ2) is 6.75. The van der Waals surface area contributed by atoms with E-state index in [1.54, 1.807) is 0 Å². The molecule has 1 aromatic carbocycles. The third-order valence-electron chi connectivity index (χ3n) is 2.74. The van der Waals surface area contributed by atoms with Gasteiger partial charge in [0.1, 0.15) is 15.6 Å². The normalized spacial score (nSPS) is 13.3. The molecular formula is C13H21NO3S. The summed E-state index contributed by atoms with van der Waals surface area (Å²) in [5.74, 6) is 0.976. The SMILES string of the molecule is CNC(C)c1ccccc1OCCCS(C)(=O)=O. The Labute approximate surface area is 109 Å². The Balaban J connectivity index is 2.57. The topological polar surface area (TPSA) is 55.4 Å². The fraction of sp³-hybridized carbons (Fsp3) is 0.538. The minimum Gasteiger partial charge on any atom is -0.493 e. The van der Waals surface area contributed by atoms with Gasteiger partial charge < -0.3 is 10.1 Å². The molecule has 0 saturated heterocycles. The van der Waals surface area contributed by atoms with E-state index in [1.807, 2.05) is 31.3 Å². The van der Waals surface area contributed by atoms with Crippen molar-refractivity contribution in [3.8, 4) is 5.75 Å². The standard InChI is InChI=1S/C13H21NO3S/c1-11(14-2)12-7-4-5-8-13(12)17-9-6-10-18(3,15)16/h4-5,7-8,11,14H,6,9-10H2,1-3H3. The highest BCUT2D eigenvalue weighted by Crippen LogP contribution is 2.24.